The molecule has 6 nitrogen and oxygen atoms in total. The van der Waals surface area contributed by atoms with Crippen LogP contribution in [0.15, 0.2) is 85.2 Å². The van der Waals surface area contributed by atoms with E-state index in [2.05, 4.69) is 20.6 Å². The van der Waals surface area contributed by atoms with Gasteiger partial charge in [0.2, 0.25) is 11.8 Å². The van der Waals surface area contributed by atoms with Crippen molar-refractivity contribution in [2.45, 2.75) is 6.42 Å². The van der Waals surface area contributed by atoms with Crippen LogP contribution < -0.4 is 10.6 Å². The van der Waals surface area contributed by atoms with E-state index in [4.69, 9.17) is 0 Å². The number of rotatable bonds is 6. The Balaban J connectivity index is 1.31. The smallest absolute Gasteiger partial charge is 0.243 e. The average Bonchev–Trinajstić information content (AvgIpc) is 2.79. The first-order chi connectivity index (χ1) is 14.7. The Morgan fingerprint density at radius 2 is 1.47 bits per heavy atom. The molecular formula is C24H20N4O2. The Labute approximate surface area is 174 Å². The van der Waals surface area contributed by atoms with Crippen LogP contribution in [0, 0.1) is 0 Å². The molecule has 0 aliphatic carbocycles. The maximum absolute atomic E-state index is 12.3. The summed E-state index contributed by atoms with van der Waals surface area (Å²) in [6.45, 7) is -0.121. The van der Waals surface area contributed by atoms with Crippen molar-refractivity contribution < 1.29 is 9.59 Å². The largest absolute Gasteiger partial charge is 0.347 e. The third-order valence-corrected chi connectivity index (χ3v) is 4.64. The number of nitrogens with zero attached hydrogens (tertiary/aromatic N) is 2. The molecule has 148 valence electrons. The van der Waals surface area contributed by atoms with Gasteiger partial charge in [0.1, 0.15) is 0 Å². The van der Waals surface area contributed by atoms with Crippen LogP contribution in [-0.4, -0.2) is 28.3 Å². The second kappa shape index (κ2) is 8.96. The highest BCUT2D eigenvalue weighted by Gasteiger charge is 2.10. The average molecular weight is 396 g/mol. The van der Waals surface area contributed by atoms with Gasteiger partial charge in [0, 0.05) is 5.56 Å². The van der Waals surface area contributed by atoms with Gasteiger partial charge in [-0.1, -0.05) is 72.8 Å². The maximum atomic E-state index is 12.3. The number of fused-ring (bicyclic) bond motifs is 1. The van der Waals surface area contributed by atoms with Crippen LogP contribution in [0.25, 0.3) is 22.2 Å². The molecule has 4 aromatic rings. The van der Waals surface area contributed by atoms with E-state index in [1.165, 1.54) is 0 Å². The van der Waals surface area contributed by atoms with E-state index in [0.717, 1.165) is 21.9 Å². The van der Waals surface area contributed by atoms with Crippen LogP contribution in [0.2, 0.25) is 0 Å². The van der Waals surface area contributed by atoms with Gasteiger partial charge in [0.25, 0.3) is 0 Å². The summed E-state index contributed by atoms with van der Waals surface area (Å²) in [5.74, 6) is 0.0338. The third-order valence-electron chi connectivity index (χ3n) is 4.64. The summed E-state index contributed by atoms with van der Waals surface area (Å²) in [6, 6.07) is 23.4. The third kappa shape index (κ3) is 4.67. The molecule has 30 heavy (non-hydrogen) atoms. The van der Waals surface area contributed by atoms with Gasteiger partial charge >= 0.3 is 0 Å². The highest BCUT2D eigenvalue weighted by Crippen LogP contribution is 2.19. The van der Waals surface area contributed by atoms with Crippen molar-refractivity contribution in [3.8, 4) is 11.4 Å². The van der Waals surface area contributed by atoms with Crippen LogP contribution >= 0.6 is 0 Å². The van der Waals surface area contributed by atoms with Crippen molar-refractivity contribution in [2.75, 3.05) is 11.9 Å². The first kappa shape index (κ1) is 19.3. The zero-order valence-corrected chi connectivity index (χ0v) is 16.2. The van der Waals surface area contributed by atoms with Gasteiger partial charge in [-0.25, -0.2) is 9.97 Å². The lowest BCUT2D eigenvalue weighted by Gasteiger charge is -2.09. The van der Waals surface area contributed by atoms with Gasteiger partial charge in [-0.3, -0.25) is 9.59 Å². The zero-order chi connectivity index (χ0) is 20.8. The molecule has 0 atom stereocenters. The van der Waals surface area contributed by atoms with Crippen molar-refractivity contribution in [1.82, 2.24) is 15.3 Å². The molecule has 0 unspecified atom stereocenters. The second-order valence-electron chi connectivity index (χ2n) is 6.80. The van der Waals surface area contributed by atoms with Gasteiger partial charge in [-0.15, -0.1) is 0 Å². The van der Waals surface area contributed by atoms with Gasteiger partial charge in [-0.05, 0) is 16.3 Å². The quantitative estimate of drug-likeness (QED) is 0.522. The van der Waals surface area contributed by atoms with E-state index in [-0.39, 0.29) is 24.8 Å². The van der Waals surface area contributed by atoms with Gasteiger partial charge < -0.3 is 10.6 Å². The molecule has 4 rings (SSSR count). The van der Waals surface area contributed by atoms with Crippen molar-refractivity contribution >= 4 is 28.3 Å². The molecule has 1 aromatic heterocycles. The summed E-state index contributed by atoms with van der Waals surface area (Å²) in [4.78, 5) is 33.0. The Morgan fingerprint density at radius 1 is 0.767 bits per heavy atom. The molecule has 0 saturated heterocycles. The highest BCUT2D eigenvalue weighted by molar-refractivity contribution is 5.95. The van der Waals surface area contributed by atoms with E-state index < -0.39 is 0 Å². The molecule has 0 radical (unpaired) electrons. The lowest BCUT2D eigenvalue weighted by Crippen LogP contribution is -2.33. The minimum Gasteiger partial charge on any atom is -0.347 e. The number of hydrogen-bond acceptors (Lipinski definition) is 4. The number of carbonyl (C=O) groups excluding carboxylic acids is 2. The minimum atomic E-state index is -0.336. The summed E-state index contributed by atoms with van der Waals surface area (Å²) >= 11 is 0. The Morgan fingerprint density at radius 3 is 2.27 bits per heavy atom. The van der Waals surface area contributed by atoms with Crippen LogP contribution in [-0.2, 0) is 16.0 Å². The van der Waals surface area contributed by atoms with Crippen molar-refractivity contribution in [2.24, 2.45) is 0 Å². The molecule has 6 heteroatoms. The molecular weight excluding hydrogens is 376 g/mol. The molecule has 2 amide bonds. The van der Waals surface area contributed by atoms with E-state index >= 15 is 0 Å². The Kier molecular flexibility index (Phi) is 5.75. The summed E-state index contributed by atoms with van der Waals surface area (Å²) in [7, 11) is 0. The summed E-state index contributed by atoms with van der Waals surface area (Å²) in [5.41, 5.74) is 2.30. The molecule has 3 aromatic carbocycles. The molecule has 0 aliphatic heterocycles. The number of carbonyl (C=O) groups is 2. The number of nitrogens with one attached hydrogen (secondary N) is 2. The fourth-order valence-electron chi connectivity index (χ4n) is 3.20. The molecule has 0 spiro atoms. The predicted molar refractivity (Wildman–Crippen MR) is 117 cm³/mol. The van der Waals surface area contributed by atoms with Crippen molar-refractivity contribution in [3.05, 3.63) is 90.8 Å². The first-order valence-corrected chi connectivity index (χ1v) is 9.60. The highest BCUT2D eigenvalue weighted by atomic mass is 16.2. The van der Waals surface area contributed by atoms with Crippen LogP contribution in [0.4, 0.5) is 5.69 Å². The standard InChI is InChI=1S/C24H20N4O2/c29-22(13-19-11-6-10-17-7-4-5-12-21(17)19)25-16-23(30)28-20-14-26-24(27-15-20)18-8-2-1-3-9-18/h1-12,14-15H,13,16H2,(H,25,29)(H,28,30). The topological polar surface area (TPSA) is 84.0 Å². The SMILES string of the molecule is O=C(Cc1cccc2ccccc12)NCC(=O)Nc1cnc(-c2ccccc2)nc1. The minimum absolute atomic E-state index is 0.121. The number of hydrogen-bond donors (Lipinski definition) is 2. The van der Waals surface area contributed by atoms with Gasteiger partial charge in [0.15, 0.2) is 5.82 Å². The van der Waals surface area contributed by atoms with Gasteiger partial charge in [-0.2, -0.15) is 0 Å². The summed E-state index contributed by atoms with van der Waals surface area (Å²) < 4.78 is 0. The lowest BCUT2D eigenvalue weighted by atomic mass is 10.0. The monoisotopic (exact) mass is 396 g/mol. The fourth-order valence-corrected chi connectivity index (χ4v) is 3.20. The summed E-state index contributed by atoms with van der Waals surface area (Å²) in [6.07, 6.45) is 3.31. The van der Waals surface area contributed by atoms with Crippen LogP contribution in [0.3, 0.4) is 0 Å². The molecule has 0 bridgehead atoms. The van der Waals surface area contributed by atoms with E-state index in [1.807, 2.05) is 72.8 Å². The molecule has 2 N–H and O–H groups in total. The Bertz CT molecular complexity index is 1170. The van der Waals surface area contributed by atoms with E-state index in [0.29, 0.717) is 11.5 Å². The van der Waals surface area contributed by atoms with E-state index in [9.17, 15) is 9.59 Å². The predicted octanol–water partition coefficient (Wildman–Crippen LogP) is 3.59. The summed E-state index contributed by atoms with van der Waals surface area (Å²) in [5, 5.41) is 7.47. The van der Waals surface area contributed by atoms with Crippen molar-refractivity contribution in [1.29, 1.82) is 0 Å². The molecule has 0 aliphatic rings. The maximum Gasteiger partial charge on any atom is 0.243 e. The zero-order valence-electron chi connectivity index (χ0n) is 16.2. The molecule has 0 fully saturated rings. The van der Waals surface area contributed by atoms with Crippen molar-refractivity contribution in [3.63, 3.8) is 0 Å². The van der Waals surface area contributed by atoms with Crippen LogP contribution in [0.5, 0.6) is 0 Å². The number of amides is 2. The Hall–Kier alpha value is -4.06. The first-order valence-electron chi connectivity index (χ1n) is 9.60. The number of benzene rings is 3. The number of anilines is 1. The van der Waals surface area contributed by atoms with E-state index in [1.54, 1.807) is 12.4 Å². The fraction of sp³-hybridized carbons (Fsp3) is 0.0833. The van der Waals surface area contributed by atoms with Gasteiger partial charge in [0.05, 0.1) is 31.0 Å². The lowest BCUT2D eigenvalue weighted by molar-refractivity contribution is -0.123. The van der Waals surface area contributed by atoms with Crippen LogP contribution in [0.1, 0.15) is 5.56 Å². The molecule has 0 saturated carbocycles. The number of aromatic nitrogens is 2. The normalized spacial score (nSPS) is 10.5. The second-order valence-corrected chi connectivity index (χ2v) is 6.80. The molecule has 1 heterocycles.